The van der Waals surface area contributed by atoms with Crippen LogP contribution in [0.4, 0.5) is 5.82 Å². The maximum atomic E-state index is 12.3. The highest BCUT2D eigenvalue weighted by atomic mass is 32.2. The fourth-order valence-corrected chi connectivity index (χ4v) is 6.89. The van der Waals surface area contributed by atoms with Crippen LogP contribution in [0.15, 0.2) is 10.6 Å². The molecule has 1 N–H and O–H groups in total. The summed E-state index contributed by atoms with van der Waals surface area (Å²) >= 11 is 1.79. The van der Waals surface area contributed by atoms with Crippen molar-refractivity contribution in [2.75, 3.05) is 11.1 Å². The number of carbonyl (C=O) groups excluding carboxylic acids is 1. The third-order valence-electron chi connectivity index (χ3n) is 6.41. The molecule has 4 saturated carbocycles. The van der Waals surface area contributed by atoms with Crippen LogP contribution in [0.2, 0.25) is 0 Å². The number of hydrogen-bond acceptors (Lipinski definition) is 4. The minimum atomic E-state index is -0.0454. The van der Waals surface area contributed by atoms with Crippen LogP contribution in [0.5, 0.6) is 0 Å². The molecule has 4 fully saturated rings. The number of hydrogen-bond donors (Lipinski definition) is 1. The van der Waals surface area contributed by atoms with Crippen molar-refractivity contribution in [3.05, 3.63) is 11.8 Å². The van der Waals surface area contributed by atoms with Gasteiger partial charge in [-0.15, -0.1) is 11.8 Å². The molecule has 4 bridgehead atoms. The number of nitrogens with one attached hydrogen (secondary N) is 1. The number of carbonyl (C=O) groups is 1. The Morgan fingerprint density at radius 3 is 2.50 bits per heavy atom. The van der Waals surface area contributed by atoms with Gasteiger partial charge in [-0.05, 0) is 87.7 Å². The molecule has 1 heterocycles. The summed E-state index contributed by atoms with van der Waals surface area (Å²) in [5.74, 6) is 5.39. The zero-order valence-electron chi connectivity index (χ0n) is 14.7. The van der Waals surface area contributed by atoms with Gasteiger partial charge in [0.25, 0.3) is 0 Å². The summed E-state index contributed by atoms with van der Waals surface area (Å²) in [5, 5.41) is 6.63. The van der Waals surface area contributed by atoms with Gasteiger partial charge >= 0.3 is 0 Å². The van der Waals surface area contributed by atoms with Gasteiger partial charge in [0.05, 0.1) is 5.25 Å². The van der Waals surface area contributed by atoms with Crippen LogP contribution in [0.25, 0.3) is 0 Å². The van der Waals surface area contributed by atoms with Gasteiger partial charge in [0.2, 0.25) is 5.91 Å². The second-order valence-corrected chi connectivity index (χ2v) is 9.94. The highest BCUT2D eigenvalue weighted by Crippen LogP contribution is 2.61. The molecule has 1 amide bonds. The van der Waals surface area contributed by atoms with Crippen molar-refractivity contribution >= 4 is 23.5 Å². The van der Waals surface area contributed by atoms with Crippen LogP contribution in [0, 0.1) is 30.1 Å². The summed E-state index contributed by atoms with van der Waals surface area (Å²) in [4.78, 5) is 12.3. The van der Waals surface area contributed by atoms with E-state index in [2.05, 4.69) is 10.5 Å². The van der Waals surface area contributed by atoms with Crippen LogP contribution in [-0.2, 0) is 4.79 Å². The molecule has 4 aliphatic carbocycles. The molecule has 5 rings (SSSR count). The molecule has 5 heteroatoms. The molecular weight excluding hydrogens is 320 g/mol. The van der Waals surface area contributed by atoms with Gasteiger partial charge in [-0.25, -0.2) is 0 Å². The topological polar surface area (TPSA) is 55.1 Å². The predicted octanol–water partition coefficient (Wildman–Crippen LogP) is 4.65. The fourth-order valence-electron chi connectivity index (χ4n) is 5.78. The Labute approximate surface area is 148 Å². The molecule has 0 radical (unpaired) electrons. The zero-order chi connectivity index (χ0) is 16.7. The van der Waals surface area contributed by atoms with Crippen LogP contribution >= 0.6 is 11.8 Å². The van der Waals surface area contributed by atoms with E-state index in [4.69, 9.17) is 4.52 Å². The standard InChI is InChI=1S/C19H28N2O2S/c1-12-5-17(21-23-12)20-18(22)13(2)24-4-3-19-9-14-6-15(10-19)8-16(7-14)11-19/h5,13-16H,3-4,6-11H2,1-2H3,(H,20,21,22)/t13-,14?,15?,16?,19?/m0/s1. The Kier molecular flexibility index (Phi) is 4.40. The van der Waals surface area contributed by atoms with Gasteiger partial charge < -0.3 is 9.84 Å². The molecule has 0 spiro atoms. The number of thioether (sulfide) groups is 1. The Bertz CT molecular complexity index is 577. The average molecular weight is 349 g/mol. The predicted molar refractivity (Wildman–Crippen MR) is 97.0 cm³/mol. The summed E-state index contributed by atoms with van der Waals surface area (Å²) in [6, 6.07) is 1.75. The highest BCUT2D eigenvalue weighted by molar-refractivity contribution is 8.00. The molecule has 0 saturated heterocycles. The molecule has 1 aromatic heterocycles. The average Bonchev–Trinajstić information content (AvgIpc) is 2.90. The van der Waals surface area contributed by atoms with E-state index in [9.17, 15) is 4.79 Å². The monoisotopic (exact) mass is 348 g/mol. The Balaban J connectivity index is 1.25. The highest BCUT2D eigenvalue weighted by Gasteiger charge is 2.50. The normalized spacial score (nSPS) is 35.2. The minimum Gasteiger partial charge on any atom is -0.360 e. The molecule has 1 aromatic rings. The smallest absolute Gasteiger partial charge is 0.238 e. The second kappa shape index (κ2) is 6.40. The van der Waals surface area contributed by atoms with Crippen LogP contribution in [0.1, 0.15) is 57.6 Å². The van der Waals surface area contributed by atoms with E-state index in [-0.39, 0.29) is 11.2 Å². The van der Waals surface area contributed by atoms with E-state index in [1.165, 1.54) is 44.9 Å². The molecule has 0 aliphatic heterocycles. The number of rotatable bonds is 6. The van der Waals surface area contributed by atoms with E-state index in [1.54, 1.807) is 17.8 Å². The first-order valence-corrected chi connectivity index (χ1v) is 10.4. The van der Waals surface area contributed by atoms with Gasteiger partial charge in [-0.2, -0.15) is 0 Å². The van der Waals surface area contributed by atoms with Gasteiger partial charge in [0.1, 0.15) is 5.76 Å². The summed E-state index contributed by atoms with van der Waals surface area (Å²) < 4.78 is 4.99. The van der Waals surface area contributed by atoms with Crippen molar-refractivity contribution in [2.45, 2.75) is 64.0 Å². The third-order valence-corrected chi connectivity index (χ3v) is 7.57. The van der Waals surface area contributed by atoms with Gasteiger partial charge in [0.15, 0.2) is 5.82 Å². The number of anilines is 1. The van der Waals surface area contributed by atoms with E-state index in [1.807, 2.05) is 13.8 Å². The Morgan fingerprint density at radius 2 is 1.96 bits per heavy atom. The van der Waals surface area contributed by atoms with Crippen molar-refractivity contribution in [1.29, 1.82) is 0 Å². The number of aryl methyl sites for hydroxylation is 1. The largest absolute Gasteiger partial charge is 0.360 e. The van der Waals surface area contributed by atoms with Gasteiger partial charge in [-0.1, -0.05) is 5.16 Å². The maximum Gasteiger partial charge on any atom is 0.238 e. The Morgan fingerprint density at radius 1 is 1.33 bits per heavy atom. The first-order chi connectivity index (χ1) is 11.5. The maximum absolute atomic E-state index is 12.3. The van der Waals surface area contributed by atoms with Crippen LogP contribution < -0.4 is 5.32 Å². The minimum absolute atomic E-state index is 0.0267. The number of aromatic nitrogens is 1. The van der Waals surface area contributed by atoms with Gasteiger partial charge in [-0.3, -0.25) is 4.79 Å². The number of nitrogens with zero attached hydrogens (tertiary/aromatic N) is 1. The third kappa shape index (κ3) is 3.37. The van der Waals surface area contributed by atoms with Crippen molar-refractivity contribution in [3.63, 3.8) is 0 Å². The molecule has 4 aliphatic rings. The molecule has 0 aromatic carbocycles. The van der Waals surface area contributed by atoms with Crippen molar-refractivity contribution in [3.8, 4) is 0 Å². The van der Waals surface area contributed by atoms with Crippen molar-refractivity contribution < 1.29 is 9.32 Å². The van der Waals surface area contributed by atoms with E-state index in [0.717, 1.165) is 23.5 Å². The molecule has 1 atom stereocenters. The SMILES string of the molecule is Cc1cc(NC(=O)[C@H](C)SCCC23CC4CC(CC(C4)C2)C3)no1. The summed E-state index contributed by atoms with van der Waals surface area (Å²) in [6.45, 7) is 3.82. The first-order valence-electron chi connectivity index (χ1n) is 9.37. The Hall–Kier alpha value is -0.970. The zero-order valence-corrected chi connectivity index (χ0v) is 15.5. The first kappa shape index (κ1) is 16.5. The summed E-state index contributed by atoms with van der Waals surface area (Å²) in [5.41, 5.74) is 0.612. The van der Waals surface area contributed by atoms with E-state index < -0.39 is 0 Å². The van der Waals surface area contributed by atoms with Gasteiger partial charge in [0, 0.05) is 6.07 Å². The molecule has 4 nitrogen and oxygen atoms in total. The molecule has 24 heavy (non-hydrogen) atoms. The lowest BCUT2D eigenvalue weighted by atomic mass is 9.49. The van der Waals surface area contributed by atoms with E-state index in [0.29, 0.717) is 17.0 Å². The van der Waals surface area contributed by atoms with Crippen molar-refractivity contribution in [1.82, 2.24) is 5.16 Å². The lowest BCUT2D eigenvalue weighted by Crippen LogP contribution is -2.46. The quantitative estimate of drug-likeness (QED) is 0.813. The lowest BCUT2D eigenvalue weighted by molar-refractivity contribution is -0.115. The van der Waals surface area contributed by atoms with Crippen LogP contribution in [-0.4, -0.2) is 22.1 Å². The summed E-state index contributed by atoms with van der Waals surface area (Å²) in [6.07, 6.45) is 10.2. The van der Waals surface area contributed by atoms with Crippen LogP contribution in [0.3, 0.4) is 0 Å². The van der Waals surface area contributed by atoms with E-state index >= 15 is 0 Å². The molecule has 132 valence electrons. The molecular formula is C19H28N2O2S. The lowest BCUT2D eigenvalue weighted by Gasteiger charge is -2.57. The molecule has 0 unspecified atom stereocenters. The number of amides is 1. The summed E-state index contributed by atoms with van der Waals surface area (Å²) in [7, 11) is 0. The second-order valence-electron chi connectivity index (χ2n) is 8.49. The fraction of sp³-hybridized carbons (Fsp3) is 0.789. The van der Waals surface area contributed by atoms with Crippen molar-refractivity contribution in [2.24, 2.45) is 23.2 Å².